The standard InChI is InChI=1S/C14H18N4O/c1-19-12-5-2-11(3-6-12)4-7-13-16-17-14-10-15-8-9-18(13)14/h2-3,5-6,15H,4,7-10H2,1H3. The minimum Gasteiger partial charge on any atom is -0.497 e. The molecule has 0 atom stereocenters. The predicted molar refractivity (Wildman–Crippen MR) is 72.1 cm³/mol. The second-order valence-electron chi connectivity index (χ2n) is 4.71. The van der Waals surface area contributed by atoms with Gasteiger partial charge in [-0.25, -0.2) is 0 Å². The molecule has 5 heteroatoms. The van der Waals surface area contributed by atoms with Gasteiger partial charge in [0.05, 0.1) is 13.7 Å². The van der Waals surface area contributed by atoms with Gasteiger partial charge < -0.3 is 14.6 Å². The zero-order valence-electron chi connectivity index (χ0n) is 11.1. The number of fused-ring (bicyclic) bond motifs is 1. The fourth-order valence-corrected chi connectivity index (χ4v) is 2.39. The van der Waals surface area contributed by atoms with Gasteiger partial charge in [0.25, 0.3) is 0 Å². The highest BCUT2D eigenvalue weighted by Gasteiger charge is 2.14. The van der Waals surface area contributed by atoms with E-state index in [4.69, 9.17) is 4.74 Å². The van der Waals surface area contributed by atoms with E-state index < -0.39 is 0 Å². The Hall–Kier alpha value is -1.88. The normalized spacial score (nSPS) is 14.2. The van der Waals surface area contributed by atoms with E-state index in [1.54, 1.807) is 7.11 Å². The molecule has 0 amide bonds. The maximum absolute atomic E-state index is 5.16. The van der Waals surface area contributed by atoms with Gasteiger partial charge >= 0.3 is 0 Å². The summed E-state index contributed by atoms with van der Waals surface area (Å²) in [6, 6.07) is 8.21. The minimum atomic E-state index is 0.829. The van der Waals surface area contributed by atoms with Gasteiger partial charge in [-0.1, -0.05) is 12.1 Å². The fourth-order valence-electron chi connectivity index (χ4n) is 2.39. The first-order valence-corrected chi connectivity index (χ1v) is 6.61. The van der Waals surface area contributed by atoms with Crippen LogP contribution in [0.2, 0.25) is 0 Å². The van der Waals surface area contributed by atoms with Gasteiger partial charge in [0, 0.05) is 19.5 Å². The highest BCUT2D eigenvalue weighted by Crippen LogP contribution is 2.14. The molecule has 0 bridgehead atoms. The summed E-state index contributed by atoms with van der Waals surface area (Å²) in [6.45, 7) is 2.80. The summed E-state index contributed by atoms with van der Waals surface area (Å²) in [5, 5.41) is 11.8. The molecule has 2 heterocycles. The highest BCUT2D eigenvalue weighted by atomic mass is 16.5. The number of methoxy groups -OCH3 is 1. The van der Waals surface area contributed by atoms with Crippen LogP contribution < -0.4 is 10.1 Å². The minimum absolute atomic E-state index is 0.829. The van der Waals surface area contributed by atoms with Crippen molar-refractivity contribution in [2.24, 2.45) is 0 Å². The summed E-state index contributed by atoms with van der Waals surface area (Å²) in [6.07, 6.45) is 1.91. The van der Waals surface area contributed by atoms with Crippen LogP contribution in [0.4, 0.5) is 0 Å². The fraction of sp³-hybridized carbons (Fsp3) is 0.429. The van der Waals surface area contributed by atoms with Gasteiger partial charge in [0.2, 0.25) is 0 Å². The third-order valence-corrected chi connectivity index (χ3v) is 3.50. The highest BCUT2D eigenvalue weighted by molar-refractivity contribution is 5.27. The van der Waals surface area contributed by atoms with Crippen molar-refractivity contribution in [1.82, 2.24) is 20.1 Å². The molecule has 3 rings (SSSR count). The van der Waals surface area contributed by atoms with Crippen molar-refractivity contribution < 1.29 is 4.74 Å². The smallest absolute Gasteiger partial charge is 0.147 e. The van der Waals surface area contributed by atoms with Crippen LogP contribution >= 0.6 is 0 Å². The lowest BCUT2D eigenvalue weighted by Gasteiger charge is -2.15. The molecule has 19 heavy (non-hydrogen) atoms. The average molecular weight is 258 g/mol. The third kappa shape index (κ3) is 2.61. The first-order chi connectivity index (χ1) is 9.36. The maximum atomic E-state index is 5.16. The molecule has 1 aromatic carbocycles. The first kappa shape index (κ1) is 12.2. The predicted octanol–water partition coefficient (Wildman–Crippen LogP) is 1.18. The van der Waals surface area contributed by atoms with Crippen LogP contribution in [-0.4, -0.2) is 28.4 Å². The quantitative estimate of drug-likeness (QED) is 0.894. The number of aromatic nitrogens is 3. The lowest BCUT2D eigenvalue weighted by Crippen LogP contribution is -2.29. The van der Waals surface area contributed by atoms with Gasteiger partial charge in [-0.3, -0.25) is 0 Å². The van der Waals surface area contributed by atoms with Gasteiger partial charge in [-0.05, 0) is 24.1 Å². The van der Waals surface area contributed by atoms with E-state index in [9.17, 15) is 0 Å². The molecule has 0 radical (unpaired) electrons. The molecule has 1 aromatic heterocycles. The van der Waals surface area contributed by atoms with Crippen molar-refractivity contribution in [2.75, 3.05) is 13.7 Å². The molecule has 0 fully saturated rings. The molecule has 1 aliphatic rings. The number of hydrogen-bond donors (Lipinski definition) is 1. The third-order valence-electron chi connectivity index (χ3n) is 3.50. The van der Waals surface area contributed by atoms with E-state index in [0.717, 1.165) is 49.9 Å². The summed E-state index contributed by atoms with van der Waals surface area (Å²) in [5.41, 5.74) is 1.30. The lowest BCUT2D eigenvalue weighted by molar-refractivity contribution is 0.414. The summed E-state index contributed by atoms with van der Waals surface area (Å²) < 4.78 is 7.40. The molecule has 1 aliphatic heterocycles. The number of hydrogen-bond acceptors (Lipinski definition) is 4. The SMILES string of the molecule is COc1ccc(CCc2nnc3n2CCNC3)cc1. The molecule has 1 N–H and O–H groups in total. The molecule has 5 nitrogen and oxygen atoms in total. The molecular formula is C14H18N4O. The van der Waals surface area contributed by atoms with Crippen LogP contribution in [0.5, 0.6) is 5.75 Å². The van der Waals surface area contributed by atoms with Crippen LogP contribution in [0.3, 0.4) is 0 Å². The number of benzene rings is 1. The molecule has 0 unspecified atom stereocenters. The van der Waals surface area contributed by atoms with Crippen molar-refractivity contribution in [3.63, 3.8) is 0 Å². The lowest BCUT2D eigenvalue weighted by atomic mass is 10.1. The summed E-state index contributed by atoms with van der Waals surface area (Å²) in [7, 11) is 1.69. The van der Waals surface area contributed by atoms with E-state index in [1.807, 2.05) is 12.1 Å². The molecular weight excluding hydrogens is 240 g/mol. The molecule has 0 aliphatic carbocycles. The Morgan fingerprint density at radius 2 is 2.05 bits per heavy atom. The Labute approximate surface area is 112 Å². The number of rotatable bonds is 4. The van der Waals surface area contributed by atoms with Gasteiger partial charge in [-0.2, -0.15) is 0 Å². The summed E-state index contributed by atoms with van der Waals surface area (Å²) >= 11 is 0. The van der Waals surface area contributed by atoms with Crippen molar-refractivity contribution in [3.8, 4) is 5.75 Å². The number of nitrogens with zero attached hydrogens (tertiary/aromatic N) is 3. The van der Waals surface area contributed by atoms with E-state index in [2.05, 4.69) is 32.2 Å². The van der Waals surface area contributed by atoms with E-state index in [0.29, 0.717) is 0 Å². The van der Waals surface area contributed by atoms with Crippen LogP contribution in [0.25, 0.3) is 0 Å². The van der Waals surface area contributed by atoms with Crippen molar-refractivity contribution in [3.05, 3.63) is 41.5 Å². The second kappa shape index (κ2) is 5.40. The Morgan fingerprint density at radius 3 is 2.84 bits per heavy atom. The maximum Gasteiger partial charge on any atom is 0.147 e. The van der Waals surface area contributed by atoms with Crippen LogP contribution in [0.15, 0.2) is 24.3 Å². The van der Waals surface area contributed by atoms with Crippen LogP contribution in [-0.2, 0) is 25.9 Å². The first-order valence-electron chi connectivity index (χ1n) is 6.61. The van der Waals surface area contributed by atoms with Gasteiger partial charge in [0.1, 0.15) is 17.4 Å². The van der Waals surface area contributed by atoms with Crippen molar-refractivity contribution in [2.45, 2.75) is 25.9 Å². The number of ether oxygens (including phenoxy) is 1. The molecule has 0 saturated carbocycles. The average Bonchev–Trinajstić information content (AvgIpc) is 2.89. The number of nitrogens with one attached hydrogen (secondary N) is 1. The van der Waals surface area contributed by atoms with Gasteiger partial charge in [0.15, 0.2) is 0 Å². The molecule has 0 spiro atoms. The topological polar surface area (TPSA) is 52.0 Å². The Kier molecular flexibility index (Phi) is 3.46. The molecule has 0 saturated heterocycles. The molecule has 100 valence electrons. The largest absolute Gasteiger partial charge is 0.497 e. The van der Waals surface area contributed by atoms with Crippen LogP contribution in [0.1, 0.15) is 17.2 Å². The van der Waals surface area contributed by atoms with Crippen molar-refractivity contribution in [1.29, 1.82) is 0 Å². The van der Waals surface area contributed by atoms with E-state index >= 15 is 0 Å². The van der Waals surface area contributed by atoms with Crippen molar-refractivity contribution >= 4 is 0 Å². The monoisotopic (exact) mass is 258 g/mol. The van der Waals surface area contributed by atoms with E-state index in [1.165, 1.54) is 5.56 Å². The zero-order valence-corrected chi connectivity index (χ0v) is 11.1. The zero-order chi connectivity index (χ0) is 13.1. The van der Waals surface area contributed by atoms with Gasteiger partial charge in [-0.15, -0.1) is 10.2 Å². The number of aryl methyl sites for hydroxylation is 2. The molecule has 2 aromatic rings. The van der Waals surface area contributed by atoms with E-state index in [-0.39, 0.29) is 0 Å². The Bertz CT molecular complexity index is 547. The Balaban J connectivity index is 1.66. The van der Waals surface area contributed by atoms with Crippen LogP contribution in [0, 0.1) is 0 Å². The second-order valence-corrected chi connectivity index (χ2v) is 4.71. The Morgan fingerprint density at radius 1 is 1.21 bits per heavy atom. The summed E-state index contributed by atoms with van der Waals surface area (Å²) in [4.78, 5) is 0. The summed E-state index contributed by atoms with van der Waals surface area (Å²) in [5.74, 6) is 3.04.